The summed E-state index contributed by atoms with van der Waals surface area (Å²) >= 11 is 0. The largest absolute Gasteiger partial charge is 0.465 e. The Hall–Kier alpha value is -0.650. The molecule has 0 aromatic carbocycles. The number of carbonyl (C=O) groups excluding carboxylic acids is 1. The summed E-state index contributed by atoms with van der Waals surface area (Å²) in [6.45, 7) is 11.4. The first-order valence-corrected chi connectivity index (χ1v) is 8.10. The first-order valence-electron chi connectivity index (χ1n) is 8.10. The van der Waals surface area contributed by atoms with Crippen LogP contribution in [-0.4, -0.2) is 61.9 Å². The summed E-state index contributed by atoms with van der Waals surface area (Å²) in [5, 5.41) is 3.31. The van der Waals surface area contributed by atoms with E-state index < -0.39 is 0 Å². The molecule has 0 saturated carbocycles. The van der Waals surface area contributed by atoms with Crippen LogP contribution in [0.15, 0.2) is 0 Å². The molecule has 1 saturated heterocycles. The van der Waals surface area contributed by atoms with Gasteiger partial charge in [-0.3, -0.25) is 4.79 Å². The van der Waals surface area contributed by atoms with E-state index in [0.29, 0.717) is 6.61 Å². The number of ether oxygens (including phenoxy) is 2. The van der Waals surface area contributed by atoms with E-state index in [0.717, 1.165) is 38.9 Å². The van der Waals surface area contributed by atoms with E-state index in [1.165, 1.54) is 0 Å². The molecular weight excluding hydrogens is 268 g/mol. The highest BCUT2D eigenvalue weighted by Gasteiger charge is 2.31. The van der Waals surface area contributed by atoms with Crippen molar-refractivity contribution in [3.63, 3.8) is 0 Å². The normalized spacial score (nSPS) is 25.0. The van der Waals surface area contributed by atoms with Gasteiger partial charge < -0.3 is 19.7 Å². The van der Waals surface area contributed by atoms with Crippen molar-refractivity contribution in [2.75, 3.05) is 33.4 Å². The topological polar surface area (TPSA) is 50.8 Å². The zero-order chi connectivity index (χ0) is 15.9. The average Bonchev–Trinajstić information content (AvgIpc) is 2.43. The van der Waals surface area contributed by atoms with Gasteiger partial charge in [0, 0.05) is 26.2 Å². The third-order valence-corrected chi connectivity index (χ3v) is 4.07. The van der Waals surface area contributed by atoms with E-state index in [2.05, 4.69) is 31.0 Å². The van der Waals surface area contributed by atoms with Crippen LogP contribution in [0.3, 0.4) is 0 Å². The zero-order valence-electron chi connectivity index (χ0n) is 14.3. The van der Waals surface area contributed by atoms with Crippen molar-refractivity contribution >= 4 is 5.97 Å². The van der Waals surface area contributed by atoms with E-state index >= 15 is 0 Å². The first kappa shape index (κ1) is 18.4. The smallest absolute Gasteiger partial charge is 0.323 e. The Kier molecular flexibility index (Phi) is 7.63. The summed E-state index contributed by atoms with van der Waals surface area (Å²) in [5.74, 6) is -0.141. The van der Waals surface area contributed by atoms with Gasteiger partial charge in [-0.25, -0.2) is 0 Å². The Labute approximate surface area is 129 Å². The van der Waals surface area contributed by atoms with Crippen LogP contribution in [0.25, 0.3) is 0 Å². The average molecular weight is 300 g/mol. The SMILES string of the molecule is CCOC(=O)C(CCN1CCCC(C)(OC)C1)NC(C)C. The number of hydrogen-bond donors (Lipinski definition) is 1. The van der Waals surface area contributed by atoms with Crippen molar-refractivity contribution in [1.82, 2.24) is 10.2 Å². The van der Waals surface area contributed by atoms with Crippen LogP contribution in [0.1, 0.15) is 47.0 Å². The van der Waals surface area contributed by atoms with Gasteiger partial charge in [-0.2, -0.15) is 0 Å². The Morgan fingerprint density at radius 1 is 1.43 bits per heavy atom. The lowest BCUT2D eigenvalue weighted by molar-refractivity contribution is -0.146. The molecule has 0 radical (unpaired) electrons. The lowest BCUT2D eigenvalue weighted by atomic mass is 9.94. The van der Waals surface area contributed by atoms with Gasteiger partial charge in [-0.05, 0) is 39.7 Å². The van der Waals surface area contributed by atoms with Crippen LogP contribution < -0.4 is 5.32 Å². The fourth-order valence-electron chi connectivity index (χ4n) is 2.89. The second-order valence-electron chi connectivity index (χ2n) is 6.45. The molecule has 1 heterocycles. The number of nitrogens with zero attached hydrogens (tertiary/aromatic N) is 1. The molecule has 1 N–H and O–H groups in total. The molecule has 0 aromatic rings. The molecule has 0 aromatic heterocycles. The molecule has 1 rings (SSSR count). The lowest BCUT2D eigenvalue weighted by Crippen LogP contribution is -2.49. The van der Waals surface area contributed by atoms with Crippen LogP contribution >= 0.6 is 0 Å². The Balaban J connectivity index is 2.49. The molecule has 0 bridgehead atoms. The number of rotatable bonds is 8. The summed E-state index contributed by atoms with van der Waals surface area (Å²) in [5.41, 5.74) is -0.0524. The van der Waals surface area contributed by atoms with Crippen LogP contribution in [0.2, 0.25) is 0 Å². The molecule has 1 aliphatic heterocycles. The number of nitrogens with one attached hydrogen (secondary N) is 1. The summed E-state index contributed by atoms with van der Waals surface area (Å²) in [4.78, 5) is 14.4. The third-order valence-electron chi connectivity index (χ3n) is 4.07. The van der Waals surface area contributed by atoms with Gasteiger partial charge >= 0.3 is 5.97 Å². The lowest BCUT2D eigenvalue weighted by Gasteiger charge is -2.39. The molecule has 0 aliphatic carbocycles. The highest BCUT2D eigenvalue weighted by atomic mass is 16.5. The summed E-state index contributed by atoms with van der Waals surface area (Å²) in [7, 11) is 1.78. The van der Waals surface area contributed by atoms with Crippen molar-refractivity contribution in [3.8, 4) is 0 Å². The molecule has 1 fully saturated rings. The van der Waals surface area contributed by atoms with Crippen LogP contribution in [0, 0.1) is 0 Å². The maximum absolute atomic E-state index is 12.0. The highest BCUT2D eigenvalue weighted by Crippen LogP contribution is 2.24. The predicted molar refractivity (Wildman–Crippen MR) is 84.4 cm³/mol. The molecule has 21 heavy (non-hydrogen) atoms. The van der Waals surface area contributed by atoms with Crippen LogP contribution in [0.5, 0.6) is 0 Å². The number of carbonyl (C=O) groups is 1. The molecular formula is C16H32N2O3. The van der Waals surface area contributed by atoms with Gasteiger partial charge in [0.1, 0.15) is 6.04 Å². The molecule has 2 atom stereocenters. The Morgan fingerprint density at radius 2 is 2.14 bits per heavy atom. The van der Waals surface area contributed by atoms with Crippen molar-refractivity contribution in [1.29, 1.82) is 0 Å². The van der Waals surface area contributed by atoms with Gasteiger partial charge in [0.25, 0.3) is 0 Å². The molecule has 5 nitrogen and oxygen atoms in total. The maximum atomic E-state index is 12.0. The van der Waals surface area contributed by atoms with Gasteiger partial charge in [-0.15, -0.1) is 0 Å². The Bertz CT molecular complexity index is 323. The maximum Gasteiger partial charge on any atom is 0.323 e. The Morgan fingerprint density at radius 3 is 2.71 bits per heavy atom. The number of piperidine rings is 1. The molecule has 2 unspecified atom stereocenters. The number of methoxy groups -OCH3 is 1. The van der Waals surface area contributed by atoms with Gasteiger partial charge in [-0.1, -0.05) is 13.8 Å². The van der Waals surface area contributed by atoms with Gasteiger partial charge in [0.2, 0.25) is 0 Å². The molecule has 124 valence electrons. The fourth-order valence-corrected chi connectivity index (χ4v) is 2.89. The fraction of sp³-hybridized carbons (Fsp3) is 0.938. The minimum absolute atomic E-state index is 0.0524. The summed E-state index contributed by atoms with van der Waals surface area (Å²) < 4.78 is 10.8. The second kappa shape index (κ2) is 8.71. The summed E-state index contributed by atoms with van der Waals surface area (Å²) in [6.07, 6.45) is 3.02. The second-order valence-corrected chi connectivity index (χ2v) is 6.45. The van der Waals surface area contributed by atoms with E-state index in [1.807, 2.05) is 6.92 Å². The minimum atomic E-state index is -0.222. The van der Waals surface area contributed by atoms with Crippen LogP contribution in [0.4, 0.5) is 0 Å². The summed E-state index contributed by atoms with van der Waals surface area (Å²) in [6, 6.07) is 0.0469. The first-order chi connectivity index (χ1) is 9.90. The van der Waals surface area contributed by atoms with Crippen molar-refractivity contribution in [3.05, 3.63) is 0 Å². The van der Waals surface area contributed by atoms with E-state index in [-0.39, 0.29) is 23.7 Å². The highest BCUT2D eigenvalue weighted by molar-refractivity contribution is 5.75. The van der Waals surface area contributed by atoms with Crippen LogP contribution in [-0.2, 0) is 14.3 Å². The van der Waals surface area contributed by atoms with E-state index in [9.17, 15) is 4.79 Å². The quantitative estimate of drug-likeness (QED) is 0.693. The van der Waals surface area contributed by atoms with Gasteiger partial charge in [0.05, 0.1) is 12.2 Å². The monoisotopic (exact) mass is 300 g/mol. The van der Waals surface area contributed by atoms with Crippen molar-refractivity contribution in [2.45, 2.75) is 64.6 Å². The number of esters is 1. The van der Waals surface area contributed by atoms with Gasteiger partial charge in [0.15, 0.2) is 0 Å². The van der Waals surface area contributed by atoms with E-state index in [1.54, 1.807) is 7.11 Å². The predicted octanol–water partition coefficient (Wildman–Crippen LogP) is 1.81. The zero-order valence-corrected chi connectivity index (χ0v) is 14.3. The molecule has 5 heteroatoms. The minimum Gasteiger partial charge on any atom is -0.465 e. The molecule has 0 amide bonds. The van der Waals surface area contributed by atoms with E-state index in [4.69, 9.17) is 9.47 Å². The number of likely N-dealkylation sites (tertiary alicyclic amines) is 1. The van der Waals surface area contributed by atoms with Crippen molar-refractivity contribution < 1.29 is 14.3 Å². The molecule has 0 spiro atoms. The molecule has 1 aliphatic rings. The van der Waals surface area contributed by atoms with Crippen molar-refractivity contribution in [2.24, 2.45) is 0 Å². The number of hydrogen-bond acceptors (Lipinski definition) is 5. The standard InChI is InChI=1S/C16H32N2O3/c1-6-21-15(19)14(17-13(2)3)8-11-18-10-7-9-16(4,12-18)20-5/h13-14,17H,6-12H2,1-5H3. The third kappa shape index (κ3) is 6.32.